The topological polar surface area (TPSA) is 38.0 Å². The maximum absolute atomic E-state index is 6.10. The van der Waals surface area contributed by atoms with Gasteiger partial charge in [-0.05, 0) is 40.1 Å². The molecule has 0 fully saturated rings. The lowest BCUT2D eigenvalue weighted by Crippen LogP contribution is -2.30. The van der Waals surface area contributed by atoms with Crippen molar-refractivity contribution in [3.8, 4) is 0 Å². The summed E-state index contributed by atoms with van der Waals surface area (Å²) in [5.41, 5.74) is 10.8. The number of hydrogen-bond donors (Lipinski definition) is 2. The summed E-state index contributed by atoms with van der Waals surface area (Å²) in [4.78, 5) is 0. The molecule has 0 aromatic heterocycles. The molecule has 0 spiro atoms. The molecule has 3 N–H and O–H groups in total. The molecule has 1 aliphatic rings. The highest BCUT2D eigenvalue weighted by Crippen LogP contribution is 2.34. The highest BCUT2D eigenvalue weighted by Gasteiger charge is 2.17. The van der Waals surface area contributed by atoms with Gasteiger partial charge in [0.25, 0.3) is 0 Å². The van der Waals surface area contributed by atoms with E-state index in [1.54, 1.807) is 0 Å². The molecule has 0 saturated carbocycles. The van der Waals surface area contributed by atoms with E-state index in [0.29, 0.717) is 0 Å². The van der Waals surface area contributed by atoms with E-state index < -0.39 is 0 Å². The van der Waals surface area contributed by atoms with Crippen LogP contribution in [0.3, 0.4) is 0 Å². The third-order valence-corrected chi connectivity index (χ3v) is 3.95. The number of nitrogens with one attached hydrogen (secondary N) is 1. The van der Waals surface area contributed by atoms with Crippen LogP contribution in [0.2, 0.25) is 0 Å². The summed E-state index contributed by atoms with van der Waals surface area (Å²) in [6.07, 6.45) is 1.94. The van der Waals surface area contributed by atoms with Gasteiger partial charge < -0.3 is 11.1 Å². The van der Waals surface area contributed by atoms with E-state index in [2.05, 4.69) is 72.1 Å². The van der Waals surface area contributed by atoms with Crippen molar-refractivity contribution in [3.05, 3.63) is 83.9 Å². The number of para-hydroxylation sites is 1. The van der Waals surface area contributed by atoms with Crippen LogP contribution in [0.4, 0.5) is 5.69 Å². The number of nitrogens with two attached hydrogens (primary N) is 1. The van der Waals surface area contributed by atoms with Gasteiger partial charge in [-0.25, -0.2) is 0 Å². The molecule has 0 amide bonds. The molecule has 1 heterocycles. The van der Waals surface area contributed by atoms with E-state index in [9.17, 15) is 0 Å². The number of benzene rings is 3. The maximum atomic E-state index is 6.10. The van der Waals surface area contributed by atoms with E-state index in [1.165, 1.54) is 27.5 Å². The lowest BCUT2D eigenvalue weighted by atomic mass is 9.92. The second-order valence-corrected chi connectivity index (χ2v) is 5.36. The van der Waals surface area contributed by atoms with Crippen molar-refractivity contribution in [1.29, 1.82) is 0 Å². The molecule has 3 aromatic carbocycles. The predicted molar refractivity (Wildman–Crippen MR) is 89.1 cm³/mol. The largest absolute Gasteiger partial charge is 0.366 e. The van der Waals surface area contributed by atoms with Gasteiger partial charge in [0.15, 0.2) is 0 Å². The average molecular weight is 272 g/mol. The first-order chi connectivity index (χ1) is 10.3. The summed E-state index contributed by atoms with van der Waals surface area (Å²) in [7, 11) is 0. The summed E-state index contributed by atoms with van der Waals surface area (Å²) in [5, 5.41) is 5.81. The van der Waals surface area contributed by atoms with Crippen molar-refractivity contribution in [2.24, 2.45) is 5.73 Å². The average Bonchev–Trinajstić information content (AvgIpc) is 2.53. The zero-order valence-electron chi connectivity index (χ0n) is 11.6. The van der Waals surface area contributed by atoms with Gasteiger partial charge in [0.2, 0.25) is 0 Å². The first kappa shape index (κ1) is 12.2. The third-order valence-electron chi connectivity index (χ3n) is 3.95. The van der Waals surface area contributed by atoms with Crippen LogP contribution in [0.5, 0.6) is 0 Å². The van der Waals surface area contributed by atoms with E-state index in [-0.39, 0.29) is 6.17 Å². The predicted octanol–water partition coefficient (Wildman–Crippen LogP) is 3.98. The zero-order valence-corrected chi connectivity index (χ0v) is 11.6. The van der Waals surface area contributed by atoms with Crippen LogP contribution in [0.15, 0.2) is 72.8 Å². The lowest BCUT2D eigenvalue weighted by molar-refractivity contribution is 0.933. The van der Waals surface area contributed by atoms with E-state index in [4.69, 9.17) is 5.73 Å². The van der Waals surface area contributed by atoms with Crippen LogP contribution >= 0.6 is 0 Å². The van der Waals surface area contributed by atoms with Gasteiger partial charge in [0, 0.05) is 11.3 Å². The number of fused-ring (bicyclic) bond motifs is 2. The summed E-state index contributed by atoms with van der Waals surface area (Å²) in [5.74, 6) is 0. The van der Waals surface area contributed by atoms with Crippen molar-refractivity contribution in [2.75, 3.05) is 5.32 Å². The molecule has 3 aromatic rings. The number of anilines is 1. The highest BCUT2D eigenvalue weighted by molar-refractivity contribution is 5.93. The normalized spacial score (nSPS) is 17.0. The van der Waals surface area contributed by atoms with Gasteiger partial charge in [0.1, 0.15) is 0 Å². The minimum Gasteiger partial charge on any atom is -0.366 e. The molecule has 0 aliphatic carbocycles. The van der Waals surface area contributed by atoms with Gasteiger partial charge in [0.05, 0.1) is 6.17 Å². The molecule has 102 valence electrons. The van der Waals surface area contributed by atoms with Gasteiger partial charge in [-0.1, -0.05) is 54.6 Å². The van der Waals surface area contributed by atoms with Crippen molar-refractivity contribution >= 4 is 22.0 Å². The smallest absolute Gasteiger partial charge is 0.0944 e. The van der Waals surface area contributed by atoms with E-state index >= 15 is 0 Å². The first-order valence-electron chi connectivity index (χ1n) is 7.14. The van der Waals surface area contributed by atoms with Crippen LogP contribution in [0.1, 0.15) is 11.1 Å². The summed E-state index contributed by atoms with van der Waals surface area (Å²) < 4.78 is 0. The van der Waals surface area contributed by atoms with Crippen molar-refractivity contribution in [1.82, 2.24) is 0 Å². The Labute approximate surface area is 123 Å². The van der Waals surface area contributed by atoms with Crippen LogP contribution < -0.4 is 11.1 Å². The molecule has 0 bridgehead atoms. The molecule has 2 heteroatoms. The number of hydrogen-bond acceptors (Lipinski definition) is 2. The van der Waals surface area contributed by atoms with Crippen molar-refractivity contribution in [3.63, 3.8) is 0 Å². The fourth-order valence-electron chi connectivity index (χ4n) is 2.94. The summed E-state index contributed by atoms with van der Waals surface area (Å²) >= 11 is 0. The fraction of sp³-hybridized carbons (Fsp3) is 0.0526. The Morgan fingerprint density at radius 3 is 2.48 bits per heavy atom. The summed E-state index contributed by atoms with van der Waals surface area (Å²) in [6.45, 7) is 0. The Balaban J connectivity index is 1.90. The third kappa shape index (κ3) is 2.10. The molecule has 2 nitrogen and oxygen atoms in total. The Bertz CT molecular complexity index is 849. The maximum Gasteiger partial charge on any atom is 0.0944 e. The monoisotopic (exact) mass is 272 g/mol. The molecule has 1 atom stereocenters. The fourth-order valence-corrected chi connectivity index (χ4v) is 2.94. The van der Waals surface area contributed by atoms with E-state index in [1.807, 2.05) is 6.07 Å². The molecule has 0 saturated heterocycles. The van der Waals surface area contributed by atoms with Gasteiger partial charge >= 0.3 is 0 Å². The summed E-state index contributed by atoms with van der Waals surface area (Å²) in [6, 6.07) is 23.3. The minimum absolute atomic E-state index is 0.152. The van der Waals surface area contributed by atoms with Crippen LogP contribution in [-0.4, -0.2) is 6.17 Å². The Kier molecular flexibility index (Phi) is 2.76. The minimum atomic E-state index is -0.152. The highest BCUT2D eigenvalue weighted by atomic mass is 15.0. The second kappa shape index (κ2) is 4.76. The molecule has 4 rings (SSSR count). The molecular formula is C19H16N2. The zero-order chi connectivity index (χ0) is 14.2. The molecule has 0 radical (unpaired) electrons. The first-order valence-corrected chi connectivity index (χ1v) is 7.14. The quantitative estimate of drug-likeness (QED) is 0.703. The molecule has 1 aliphatic heterocycles. The van der Waals surface area contributed by atoms with Crippen LogP contribution in [0, 0.1) is 0 Å². The molecule has 1 unspecified atom stereocenters. The Hall–Kier alpha value is -2.58. The molecule has 21 heavy (non-hydrogen) atoms. The van der Waals surface area contributed by atoms with Gasteiger partial charge in [-0.2, -0.15) is 0 Å². The van der Waals surface area contributed by atoms with Crippen molar-refractivity contribution < 1.29 is 0 Å². The van der Waals surface area contributed by atoms with Crippen LogP contribution in [0.25, 0.3) is 16.3 Å². The standard InChI is InChI=1S/C19H16N2/c20-19-12-17(16-7-3-4-8-18(16)21-19)15-10-9-13-5-1-2-6-14(13)11-15/h1-12,19,21H,20H2. The van der Waals surface area contributed by atoms with E-state index in [0.717, 1.165) is 5.69 Å². The van der Waals surface area contributed by atoms with Gasteiger partial charge in [-0.3, -0.25) is 0 Å². The SMILES string of the molecule is NC1C=C(c2ccc3ccccc3c2)c2ccccc2N1. The number of rotatable bonds is 1. The Morgan fingerprint density at radius 1 is 0.810 bits per heavy atom. The van der Waals surface area contributed by atoms with Crippen LogP contribution in [-0.2, 0) is 0 Å². The van der Waals surface area contributed by atoms with Gasteiger partial charge in [-0.15, -0.1) is 0 Å². The lowest BCUT2D eigenvalue weighted by Gasteiger charge is -2.24. The van der Waals surface area contributed by atoms with Crippen molar-refractivity contribution in [2.45, 2.75) is 6.17 Å². The molecular weight excluding hydrogens is 256 g/mol. The second-order valence-electron chi connectivity index (χ2n) is 5.36. The Morgan fingerprint density at radius 2 is 1.57 bits per heavy atom.